The first-order chi connectivity index (χ1) is 14.9. The maximum atomic E-state index is 12.0. The van der Waals surface area contributed by atoms with Crippen molar-refractivity contribution in [1.29, 1.82) is 0 Å². The van der Waals surface area contributed by atoms with Crippen LogP contribution in [0.1, 0.15) is 25.1 Å². The monoisotopic (exact) mass is 486 g/mol. The van der Waals surface area contributed by atoms with Crippen molar-refractivity contribution in [1.82, 2.24) is 9.78 Å². The van der Waals surface area contributed by atoms with Crippen molar-refractivity contribution < 1.29 is 13.5 Å². The molecular formula is C24H23ClN2O3S2. The number of halogens is 1. The van der Waals surface area contributed by atoms with Gasteiger partial charge in [0.25, 0.3) is 0 Å². The molecule has 2 aromatic carbocycles. The summed E-state index contributed by atoms with van der Waals surface area (Å²) in [6.45, 7) is 5.38. The minimum Gasteiger partial charge on any atom is -0.384 e. The lowest BCUT2D eigenvalue weighted by molar-refractivity contribution is 0.0734. The number of aryl methyl sites for hydroxylation is 1. The van der Waals surface area contributed by atoms with Crippen LogP contribution in [-0.2, 0) is 15.4 Å². The second-order valence-electron chi connectivity index (χ2n) is 8.26. The van der Waals surface area contributed by atoms with Gasteiger partial charge in [-0.3, -0.25) is 0 Å². The highest BCUT2D eigenvalue weighted by Crippen LogP contribution is 2.40. The van der Waals surface area contributed by atoms with Crippen LogP contribution in [0.3, 0.4) is 0 Å². The summed E-state index contributed by atoms with van der Waals surface area (Å²) < 4.78 is 25.8. The average Bonchev–Trinajstić information content (AvgIpc) is 3.31. The molecule has 4 aromatic rings. The van der Waals surface area contributed by atoms with Crippen LogP contribution in [-0.4, -0.2) is 29.6 Å². The van der Waals surface area contributed by atoms with E-state index in [-0.39, 0.29) is 4.90 Å². The molecule has 0 spiro atoms. The zero-order chi connectivity index (χ0) is 23.3. The van der Waals surface area contributed by atoms with Crippen LogP contribution < -0.4 is 0 Å². The molecule has 5 nitrogen and oxygen atoms in total. The van der Waals surface area contributed by atoms with Gasteiger partial charge in [-0.2, -0.15) is 5.10 Å². The van der Waals surface area contributed by atoms with Crippen molar-refractivity contribution >= 4 is 32.8 Å². The van der Waals surface area contributed by atoms with E-state index in [2.05, 4.69) is 5.10 Å². The average molecular weight is 487 g/mol. The summed E-state index contributed by atoms with van der Waals surface area (Å²) >= 11 is 8.00. The largest absolute Gasteiger partial charge is 0.384 e. The molecule has 0 radical (unpaired) electrons. The smallest absolute Gasteiger partial charge is 0.175 e. The zero-order valence-electron chi connectivity index (χ0n) is 18.1. The normalized spacial score (nSPS) is 12.3. The van der Waals surface area contributed by atoms with Gasteiger partial charge in [0.05, 0.1) is 31.9 Å². The Kier molecular flexibility index (Phi) is 5.79. The van der Waals surface area contributed by atoms with E-state index >= 15 is 0 Å². The van der Waals surface area contributed by atoms with Crippen molar-refractivity contribution in [2.75, 3.05) is 6.26 Å². The molecule has 1 N–H and O–H groups in total. The van der Waals surface area contributed by atoms with Crippen LogP contribution >= 0.6 is 22.9 Å². The first-order valence-corrected chi connectivity index (χ1v) is 13.0. The molecule has 0 unspecified atom stereocenters. The summed E-state index contributed by atoms with van der Waals surface area (Å²) in [5, 5.41) is 15.8. The summed E-state index contributed by atoms with van der Waals surface area (Å²) in [7, 11) is -3.30. The topological polar surface area (TPSA) is 72.2 Å². The van der Waals surface area contributed by atoms with Crippen LogP contribution in [0.4, 0.5) is 0 Å². The van der Waals surface area contributed by atoms with Gasteiger partial charge in [0.2, 0.25) is 0 Å². The van der Waals surface area contributed by atoms with Gasteiger partial charge in [0.1, 0.15) is 5.60 Å². The minimum absolute atomic E-state index is 0.287. The van der Waals surface area contributed by atoms with Crippen molar-refractivity contribution in [3.8, 4) is 26.7 Å². The molecule has 0 bridgehead atoms. The Labute approximate surface area is 196 Å². The van der Waals surface area contributed by atoms with Crippen molar-refractivity contribution in [2.24, 2.45) is 0 Å². The third-order valence-electron chi connectivity index (χ3n) is 5.11. The third-order valence-corrected chi connectivity index (χ3v) is 7.85. The van der Waals surface area contributed by atoms with Gasteiger partial charge < -0.3 is 5.11 Å². The Hall–Kier alpha value is -2.45. The number of aromatic nitrogens is 2. The van der Waals surface area contributed by atoms with Gasteiger partial charge in [-0.05, 0) is 68.3 Å². The fourth-order valence-corrected chi connectivity index (χ4v) is 5.48. The highest BCUT2D eigenvalue weighted by atomic mass is 35.5. The maximum absolute atomic E-state index is 12.0. The molecule has 0 aliphatic carbocycles. The third kappa shape index (κ3) is 4.38. The predicted molar refractivity (Wildman–Crippen MR) is 130 cm³/mol. The van der Waals surface area contributed by atoms with Gasteiger partial charge in [0, 0.05) is 11.1 Å². The van der Waals surface area contributed by atoms with Gasteiger partial charge >= 0.3 is 0 Å². The van der Waals surface area contributed by atoms with Crippen molar-refractivity contribution in [2.45, 2.75) is 31.3 Å². The number of hydrogen-bond donors (Lipinski definition) is 1. The molecule has 0 aliphatic rings. The zero-order valence-corrected chi connectivity index (χ0v) is 20.5. The Morgan fingerprint density at radius 1 is 1.06 bits per heavy atom. The number of hydrogen-bond acceptors (Lipinski definition) is 5. The molecule has 2 heterocycles. The summed E-state index contributed by atoms with van der Waals surface area (Å²) in [4.78, 5) is 2.20. The van der Waals surface area contributed by atoms with E-state index in [1.54, 1.807) is 54.1 Å². The number of sulfone groups is 1. The van der Waals surface area contributed by atoms with E-state index in [1.165, 1.54) is 6.26 Å². The number of benzene rings is 2. The number of thiophene rings is 1. The molecular weight excluding hydrogens is 464 g/mol. The molecule has 4 rings (SSSR count). The van der Waals surface area contributed by atoms with Crippen molar-refractivity contribution in [3.05, 3.63) is 76.9 Å². The number of aliphatic hydroxyl groups is 1. The van der Waals surface area contributed by atoms with Gasteiger partial charge in [-0.25, -0.2) is 13.1 Å². The molecule has 166 valence electrons. The van der Waals surface area contributed by atoms with Crippen LogP contribution in [0.5, 0.6) is 0 Å². The lowest BCUT2D eigenvalue weighted by Crippen LogP contribution is -2.16. The number of rotatable bonds is 5. The second-order valence-corrected chi connectivity index (χ2v) is 11.7. The quantitative estimate of drug-likeness (QED) is 0.383. The molecule has 0 saturated heterocycles. The standard InChI is InChI=1S/C24H23ClN2O3S2/c1-15-12-21(31-23(15)16-8-7-9-17(13-16)32(4,29)30)20-14-22(24(2,3)28)26-27(20)19-11-6-5-10-18(19)25/h5-14,28H,1-4H3. The van der Waals surface area contributed by atoms with E-state index in [9.17, 15) is 13.5 Å². The molecule has 0 saturated carbocycles. The Morgan fingerprint density at radius 2 is 1.78 bits per heavy atom. The van der Waals surface area contributed by atoms with E-state index in [0.29, 0.717) is 16.4 Å². The number of nitrogens with zero attached hydrogens (tertiary/aromatic N) is 2. The lowest BCUT2D eigenvalue weighted by atomic mass is 10.1. The van der Waals surface area contributed by atoms with E-state index in [0.717, 1.165) is 26.6 Å². The van der Waals surface area contributed by atoms with Gasteiger partial charge in [-0.15, -0.1) is 11.3 Å². The highest BCUT2D eigenvalue weighted by molar-refractivity contribution is 7.90. The summed E-state index contributed by atoms with van der Waals surface area (Å²) in [6, 6.07) is 18.3. The molecule has 0 atom stereocenters. The summed E-state index contributed by atoms with van der Waals surface area (Å²) in [6.07, 6.45) is 1.21. The van der Waals surface area contributed by atoms with Crippen molar-refractivity contribution in [3.63, 3.8) is 0 Å². The number of para-hydroxylation sites is 1. The van der Waals surface area contributed by atoms with Crippen LogP contribution in [0.15, 0.2) is 65.6 Å². The van der Waals surface area contributed by atoms with Crippen LogP contribution in [0.2, 0.25) is 5.02 Å². The first-order valence-electron chi connectivity index (χ1n) is 9.94. The fraction of sp³-hybridized carbons (Fsp3) is 0.208. The van der Waals surface area contributed by atoms with Crippen LogP contribution in [0.25, 0.3) is 26.7 Å². The predicted octanol–water partition coefficient (Wildman–Crippen LogP) is 5.86. The lowest BCUT2D eigenvalue weighted by Gasteiger charge is -2.13. The molecule has 0 aliphatic heterocycles. The molecule has 32 heavy (non-hydrogen) atoms. The first kappa shape index (κ1) is 22.7. The SMILES string of the molecule is Cc1cc(-c2cc(C(C)(C)O)nn2-c2ccccc2Cl)sc1-c1cccc(S(C)(=O)=O)c1. The Morgan fingerprint density at radius 3 is 2.44 bits per heavy atom. The Bertz CT molecular complexity index is 1410. The molecule has 0 amide bonds. The molecule has 2 aromatic heterocycles. The molecule has 8 heteroatoms. The maximum Gasteiger partial charge on any atom is 0.175 e. The van der Waals surface area contributed by atoms with Gasteiger partial charge in [0.15, 0.2) is 9.84 Å². The van der Waals surface area contributed by atoms with Gasteiger partial charge in [-0.1, -0.05) is 35.9 Å². The second kappa shape index (κ2) is 8.15. The Balaban J connectivity index is 1.89. The fourth-order valence-electron chi connectivity index (χ4n) is 3.43. The molecule has 0 fully saturated rings. The highest BCUT2D eigenvalue weighted by Gasteiger charge is 2.25. The van der Waals surface area contributed by atoms with E-state index in [4.69, 9.17) is 11.6 Å². The van der Waals surface area contributed by atoms with Crippen LogP contribution in [0, 0.1) is 6.92 Å². The summed E-state index contributed by atoms with van der Waals surface area (Å²) in [5.74, 6) is 0. The summed E-state index contributed by atoms with van der Waals surface area (Å²) in [5.41, 5.74) is 2.78. The minimum atomic E-state index is -3.30. The van der Waals surface area contributed by atoms with E-state index < -0.39 is 15.4 Å². The van der Waals surface area contributed by atoms with E-state index in [1.807, 2.05) is 43.3 Å².